The Labute approximate surface area is 165 Å². The summed E-state index contributed by atoms with van der Waals surface area (Å²) in [6, 6.07) is 10.8. The maximum atomic E-state index is 13.0. The zero-order chi connectivity index (χ0) is 20.3. The Kier molecular flexibility index (Phi) is 6.15. The van der Waals surface area contributed by atoms with E-state index >= 15 is 0 Å². The first kappa shape index (κ1) is 20.5. The molecular formula is C21H25FN2O3S. The van der Waals surface area contributed by atoms with E-state index in [0.29, 0.717) is 25.9 Å². The average molecular weight is 405 g/mol. The van der Waals surface area contributed by atoms with Gasteiger partial charge in [-0.05, 0) is 67.6 Å². The smallest absolute Gasteiger partial charge is 0.240 e. The molecule has 0 aromatic heterocycles. The van der Waals surface area contributed by atoms with Crippen LogP contribution in [-0.2, 0) is 21.2 Å². The lowest BCUT2D eigenvalue weighted by atomic mass is 10.0. The molecule has 2 aromatic carbocycles. The molecule has 0 unspecified atom stereocenters. The highest BCUT2D eigenvalue weighted by atomic mass is 32.2. The van der Waals surface area contributed by atoms with E-state index in [0.717, 1.165) is 16.7 Å². The molecule has 0 radical (unpaired) electrons. The first-order valence-corrected chi connectivity index (χ1v) is 10.8. The largest absolute Gasteiger partial charge is 0.342 e. The maximum absolute atomic E-state index is 13.0. The SMILES string of the molecule is Cc1ccc(S(=O)(=O)NC2CCN(C(=O)Cc3ccc(F)cc3)CC2)cc1C. The van der Waals surface area contributed by atoms with E-state index in [4.69, 9.17) is 0 Å². The number of nitrogens with one attached hydrogen (secondary N) is 1. The summed E-state index contributed by atoms with van der Waals surface area (Å²) in [6.45, 7) is 4.83. The van der Waals surface area contributed by atoms with E-state index in [2.05, 4.69) is 4.72 Å². The summed E-state index contributed by atoms with van der Waals surface area (Å²) in [5, 5.41) is 0. The van der Waals surface area contributed by atoms with Crippen molar-refractivity contribution in [3.63, 3.8) is 0 Å². The molecule has 1 N–H and O–H groups in total. The van der Waals surface area contributed by atoms with Gasteiger partial charge in [0.25, 0.3) is 0 Å². The summed E-state index contributed by atoms with van der Waals surface area (Å²) in [5.41, 5.74) is 2.75. The van der Waals surface area contributed by atoms with E-state index in [-0.39, 0.29) is 29.1 Å². The molecule has 7 heteroatoms. The number of hydrogen-bond acceptors (Lipinski definition) is 3. The molecule has 3 rings (SSSR count). The van der Waals surface area contributed by atoms with Crippen LogP contribution in [0.2, 0.25) is 0 Å². The van der Waals surface area contributed by atoms with Crippen LogP contribution in [-0.4, -0.2) is 38.4 Å². The Balaban J connectivity index is 1.55. The molecule has 1 amide bonds. The van der Waals surface area contributed by atoms with Crippen molar-refractivity contribution >= 4 is 15.9 Å². The quantitative estimate of drug-likeness (QED) is 0.833. The van der Waals surface area contributed by atoms with E-state index in [9.17, 15) is 17.6 Å². The van der Waals surface area contributed by atoms with Gasteiger partial charge in [0, 0.05) is 19.1 Å². The number of carbonyl (C=O) groups excluding carboxylic acids is 1. The molecular weight excluding hydrogens is 379 g/mol. The summed E-state index contributed by atoms with van der Waals surface area (Å²) < 4.78 is 41.0. The van der Waals surface area contributed by atoms with Gasteiger partial charge in [0.05, 0.1) is 11.3 Å². The molecule has 0 bridgehead atoms. The monoisotopic (exact) mass is 404 g/mol. The van der Waals surface area contributed by atoms with Crippen molar-refractivity contribution in [1.29, 1.82) is 0 Å². The summed E-state index contributed by atoms with van der Waals surface area (Å²) >= 11 is 0. The number of amides is 1. The van der Waals surface area contributed by atoms with Crippen LogP contribution in [0.1, 0.15) is 29.5 Å². The Bertz CT molecular complexity index is 950. The van der Waals surface area contributed by atoms with Crippen LogP contribution in [0.3, 0.4) is 0 Å². The topological polar surface area (TPSA) is 66.5 Å². The molecule has 0 spiro atoms. The van der Waals surface area contributed by atoms with Gasteiger partial charge in [0.1, 0.15) is 5.82 Å². The Morgan fingerprint density at radius 1 is 1.07 bits per heavy atom. The predicted molar refractivity (Wildman–Crippen MR) is 106 cm³/mol. The number of piperidine rings is 1. The number of halogens is 1. The lowest BCUT2D eigenvalue weighted by Gasteiger charge is -2.32. The first-order valence-electron chi connectivity index (χ1n) is 9.36. The van der Waals surface area contributed by atoms with Gasteiger partial charge >= 0.3 is 0 Å². The zero-order valence-electron chi connectivity index (χ0n) is 16.1. The average Bonchev–Trinajstić information content (AvgIpc) is 2.66. The predicted octanol–water partition coefficient (Wildman–Crippen LogP) is 2.95. The molecule has 28 heavy (non-hydrogen) atoms. The number of rotatable bonds is 5. The van der Waals surface area contributed by atoms with E-state index in [1.165, 1.54) is 12.1 Å². The fourth-order valence-electron chi connectivity index (χ4n) is 3.30. The number of sulfonamides is 1. The highest BCUT2D eigenvalue weighted by Crippen LogP contribution is 2.18. The van der Waals surface area contributed by atoms with Gasteiger partial charge in [0.15, 0.2) is 0 Å². The lowest BCUT2D eigenvalue weighted by Crippen LogP contribution is -2.46. The first-order chi connectivity index (χ1) is 13.2. The Morgan fingerprint density at radius 3 is 2.32 bits per heavy atom. The molecule has 1 aliphatic heterocycles. The molecule has 0 saturated carbocycles. The van der Waals surface area contributed by atoms with Crippen LogP contribution in [0.15, 0.2) is 47.4 Å². The minimum absolute atomic E-state index is 0.0259. The van der Waals surface area contributed by atoms with Gasteiger partial charge in [-0.15, -0.1) is 0 Å². The third-order valence-electron chi connectivity index (χ3n) is 5.23. The van der Waals surface area contributed by atoms with Gasteiger partial charge < -0.3 is 4.90 Å². The maximum Gasteiger partial charge on any atom is 0.240 e. The summed E-state index contributed by atoms with van der Waals surface area (Å²) in [4.78, 5) is 14.4. The van der Waals surface area contributed by atoms with Crippen molar-refractivity contribution < 1.29 is 17.6 Å². The second-order valence-corrected chi connectivity index (χ2v) is 9.04. The molecule has 2 aromatic rings. The van der Waals surface area contributed by atoms with Crippen LogP contribution in [0.25, 0.3) is 0 Å². The van der Waals surface area contributed by atoms with Crippen molar-refractivity contribution in [2.75, 3.05) is 13.1 Å². The number of carbonyl (C=O) groups is 1. The summed E-state index contributed by atoms with van der Waals surface area (Å²) in [7, 11) is -3.58. The van der Waals surface area contributed by atoms with Crippen LogP contribution < -0.4 is 4.72 Å². The number of nitrogens with zero attached hydrogens (tertiary/aromatic N) is 1. The molecule has 1 saturated heterocycles. The van der Waals surface area contributed by atoms with Crippen molar-refractivity contribution in [2.24, 2.45) is 0 Å². The Morgan fingerprint density at radius 2 is 1.71 bits per heavy atom. The standard InChI is InChI=1S/C21H25FN2O3S/c1-15-3-8-20(13-16(15)2)28(26,27)23-19-9-11-24(12-10-19)21(25)14-17-4-6-18(22)7-5-17/h3-8,13,19,23H,9-12,14H2,1-2H3. The van der Waals surface area contributed by atoms with Crippen LogP contribution in [0, 0.1) is 19.7 Å². The van der Waals surface area contributed by atoms with Gasteiger partial charge in [-0.1, -0.05) is 18.2 Å². The van der Waals surface area contributed by atoms with Crippen molar-refractivity contribution in [2.45, 2.75) is 44.0 Å². The lowest BCUT2D eigenvalue weighted by molar-refractivity contribution is -0.131. The second-order valence-electron chi connectivity index (χ2n) is 7.33. The second kappa shape index (κ2) is 8.41. The van der Waals surface area contributed by atoms with Crippen LogP contribution in [0.4, 0.5) is 4.39 Å². The van der Waals surface area contributed by atoms with E-state index in [1.54, 1.807) is 35.2 Å². The highest BCUT2D eigenvalue weighted by molar-refractivity contribution is 7.89. The third kappa shape index (κ3) is 4.97. The van der Waals surface area contributed by atoms with Gasteiger partial charge in [-0.25, -0.2) is 17.5 Å². The van der Waals surface area contributed by atoms with Gasteiger partial charge in [-0.2, -0.15) is 0 Å². The molecule has 0 atom stereocenters. The normalized spacial score (nSPS) is 15.6. The minimum Gasteiger partial charge on any atom is -0.342 e. The summed E-state index contributed by atoms with van der Waals surface area (Å²) in [6.07, 6.45) is 1.36. The molecule has 0 aliphatic carbocycles. The molecule has 5 nitrogen and oxygen atoms in total. The molecule has 150 valence electrons. The number of benzene rings is 2. The van der Waals surface area contributed by atoms with Crippen LogP contribution in [0.5, 0.6) is 0 Å². The third-order valence-corrected chi connectivity index (χ3v) is 6.74. The zero-order valence-corrected chi connectivity index (χ0v) is 16.9. The number of likely N-dealkylation sites (tertiary alicyclic amines) is 1. The Hall–Kier alpha value is -2.25. The van der Waals surface area contributed by atoms with Gasteiger partial charge in [0.2, 0.25) is 15.9 Å². The molecule has 1 fully saturated rings. The van der Waals surface area contributed by atoms with Crippen molar-refractivity contribution in [3.05, 3.63) is 65.0 Å². The van der Waals surface area contributed by atoms with Crippen LogP contribution >= 0.6 is 0 Å². The molecule has 1 aliphatic rings. The fourth-order valence-corrected chi connectivity index (χ4v) is 4.69. The van der Waals surface area contributed by atoms with E-state index < -0.39 is 10.0 Å². The molecule has 1 heterocycles. The number of aryl methyl sites for hydroxylation is 2. The summed E-state index contributed by atoms with van der Waals surface area (Å²) in [5.74, 6) is -0.352. The highest BCUT2D eigenvalue weighted by Gasteiger charge is 2.26. The minimum atomic E-state index is -3.58. The van der Waals surface area contributed by atoms with E-state index in [1.807, 2.05) is 13.8 Å². The fraction of sp³-hybridized carbons (Fsp3) is 0.381. The number of hydrogen-bond donors (Lipinski definition) is 1. The van der Waals surface area contributed by atoms with Gasteiger partial charge in [-0.3, -0.25) is 4.79 Å². The van der Waals surface area contributed by atoms with Crippen molar-refractivity contribution in [1.82, 2.24) is 9.62 Å². The van der Waals surface area contributed by atoms with Crippen molar-refractivity contribution in [3.8, 4) is 0 Å².